The number of hydrogen-bond donors (Lipinski definition) is 0. The molecule has 0 saturated carbocycles. The van der Waals surface area contributed by atoms with E-state index < -0.39 is 5.76 Å². The maximum atomic E-state index is 12.8. The van der Waals surface area contributed by atoms with Crippen molar-refractivity contribution in [1.29, 1.82) is 0 Å². The molecule has 2 aromatic heterocycles. The number of hydrogen-bond acceptors (Lipinski definition) is 6. The molecule has 0 unspecified atom stereocenters. The van der Waals surface area contributed by atoms with Crippen LogP contribution in [-0.4, -0.2) is 19.4 Å². The molecular weight excluding hydrogens is 307 g/mol. The van der Waals surface area contributed by atoms with Gasteiger partial charge in [0.2, 0.25) is 5.89 Å². The molecule has 0 amide bonds. The summed E-state index contributed by atoms with van der Waals surface area (Å²) in [7, 11) is 0. The number of benzene rings is 1. The fraction of sp³-hybridized carbons (Fsp3) is 0.0909. The molecule has 0 saturated heterocycles. The van der Waals surface area contributed by atoms with Gasteiger partial charge in [0.15, 0.2) is 0 Å². The second-order valence-corrected chi connectivity index (χ2v) is 5.19. The van der Waals surface area contributed by atoms with E-state index in [0.29, 0.717) is 15.6 Å². The van der Waals surface area contributed by atoms with Crippen LogP contribution in [0, 0.1) is 5.82 Å². The molecule has 0 aliphatic rings. The number of aromatic nitrogens is 4. The quantitative estimate of drug-likeness (QED) is 0.741. The standard InChI is InChI=1S/C11H6ClFN4O2S/c12-9-8(14-16-20-9)5-17-11(18)19-10(15-17)6-1-3-7(13)4-2-6/h1-4H,5H2. The molecule has 6 nitrogen and oxygen atoms in total. The Morgan fingerprint density at radius 1 is 1.35 bits per heavy atom. The summed E-state index contributed by atoms with van der Waals surface area (Å²) in [4.78, 5) is 11.7. The SMILES string of the molecule is O=c1oc(-c2ccc(F)cc2)nn1Cc1nnsc1Cl. The molecule has 102 valence electrons. The van der Waals surface area contributed by atoms with Crippen molar-refractivity contribution in [1.82, 2.24) is 19.4 Å². The van der Waals surface area contributed by atoms with Gasteiger partial charge in [-0.3, -0.25) is 0 Å². The Morgan fingerprint density at radius 2 is 2.10 bits per heavy atom. The van der Waals surface area contributed by atoms with Crippen molar-refractivity contribution in [2.75, 3.05) is 0 Å². The van der Waals surface area contributed by atoms with E-state index in [1.54, 1.807) is 0 Å². The Hall–Kier alpha value is -2.06. The van der Waals surface area contributed by atoms with Crippen LogP contribution in [0.25, 0.3) is 11.5 Å². The monoisotopic (exact) mass is 312 g/mol. The Labute approximate surface area is 120 Å². The van der Waals surface area contributed by atoms with Crippen molar-refractivity contribution in [3.05, 3.63) is 50.7 Å². The lowest BCUT2D eigenvalue weighted by molar-refractivity contribution is 0.493. The van der Waals surface area contributed by atoms with Gasteiger partial charge in [-0.15, -0.1) is 10.2 Å². The van der Waals surface area contributed by atoms with Crippen LogP contribution >= 0.6 is 23.1 Å². The van der Waals surface area contributed by atoms with E-state index in [2.05, 4.69) is 14.7 Å². The molecule has 0 N–H and O–H groups in total. The van der Waals surface area contributed by atoms with Crippen molar-refractivity contribution in [2.45, 2.75) is 6.54 Å². The van der Waals surface area contributed by atoms with Crippen LogP contribution < -0.4 is 5.76 Å². The third-order valence-electron chi connectivity index (χ3n) is 2.51. The van der Waals surface area contributed by atoms with Crippen LogP contribution in [0.15, 0.2) is 33.5 Å². The normalized spacial score (nSPS) is 10.9. The zero-order chi connectivity index (χ0) is 14.1. The first-order valence-electron chi connectivity index (χ1n) is 5.44. The van der Waals surface area contributed by atoms with Crippen molar-refractivity contribution in [2.24, 2.45) is 0 Å². The molecule has 0 fully saturated rings. The summed E-state index contributed by atoms with van der Waals surface area (Å²) in [6.45, 7) is 0.0683. The van der Waals surface area contributed by atoms with Gasteiger partial charge in [0.05, 0.1) is 6.54 Å². The second kappa shape index (κ2) is 5.14. The highest BCUT2D eigenvalue weighted by molar-refractivity contribution is 7.10. The number of halogens is 2. The first-order chi connectivity index (χ1) is 9.63. The zero-order valence-electron chi connectivity index (χ0n) is 9.79. The molecule has 3 aromatic rings. The van der Waals surface area contributed by atoms with Crippen molar-refractivity contribution >= 4 is 23.1 Å². The van der Waals surface area contributed by atoms with Gasteiger partial charge in [-0.05, 0) is 24.3 Å². The molecule has 2 heterocycles. The summed E-state index contributed by atoms with van der Waals surface area (Å²) in [5.74, 6) is -0.918. The van der Waals surface area contributed by atoms with Gasteiger partial charge in [0.1, 0.15) is 15.8 Å². The van der Waals surface area contributed by atoms with Crippen LogP contribution in [0.5, 0.6) is 0 Å². The number of nitrogens with zero attached hydrogens (tertiary/aromatic N) is 4. The third kappa shape index (κ3) is 2.47. The summed E-state index contributed by atoms with van der Waals surface area (Å²) >= 11 is 6.88. The topological polar surface area (TPSA) is 73.8 Å². The molecule has 9 heteroatoms. The minimum Gasteiger partial charge on any atom is -0.388 e. The molecule has 0 aliphatic heterocycles. The van der Waals surface area contributed by atoms with Crippen molar-refractivity contribution in [3.63, 3.8) is 0 Å². The molecule has 0 aliphatic carbocycles. The van der Waals surface area contributed by atoms with E-state index in [4.69, 9.17) is 16.0 Å². The predicted octanol–water partition coefficient (Wildman–Crippen LogP) is 2.20. The minimum atomic E-state index is -0.645. The van der Waals surface area contributed by atoms with Gasteiger partial charge in [0.25, 0.3) is 0 Å². The molecule has 0 radical (unpaired) electrons. The molecule has 20 heavy (non-hydrogen) atoms. The smallest absolute Gasteiger partial charge is 0.388 e. The van der Waals surface area contributed by atoms with Crippen LogP contribution in [0.4, 0.5) is 4.39 Å². The van der Waals surface area contributed by atoms with Crippen molar-refractivity contribution < 1.29 is 8.81 Å². The highest BCUT2D eigenvalue weighted by Gasteiger charge is 2.13. The average Bonchev–Trinajstić information content (AvgIpc) is 2.99. The third-order valence-corrected chi connectivity index (χ3v) is 3.49. The Bertz CT molecular complexity index is 795. The Morgan fingerprint density at radius 3 is 2.75 bits per heavy atom. The maximum Gasteiger partial charge on any atom is 0.437 e. The Balaban J connectivity index is 1.93. The highest BCUT2D eigenvalue weighted by atomic mass is 35.5. The van der Waals surface area contributed by atoms with Crippen LogP contribution in [-0.2, 0) is 6.54 Å². The molecule has 0 bridgehead atoms. The summed E-state index contributed by atoms with van der Waals surface area (Å²) in [6, 6.07) is 5.47. The predicted molar refractivity (Wildman–Crippen MR) is 70.2 cm³/mol. The summed E-state index contributed by atoms with van der Waals surface area (Å²) < 4.78 is 23.0. The lowest BCUT2D eigenvalue weighted by atomic mass is 10.2. The van der Waals surface area contributed by atoms with Gasteiger partial charge in [-0.1, -0.05) is 16.1 Å². The lowest BCUT2D eigenvalue weighted by Gasteiger charge is -1.94. The molecule has 0 atom stereocenters. The number of rotatable bonds is 3. The first kappa shape index (κ1) is 12.9. The molecule has 3 rings (SSSR count). The Kier molecular flexibility index (Phi) is 3.33. The molecule has 0 spiro atoms. The molecule has 1 aromatic carbocycles. The maximum absolute atomic E-state index is 12.8. The van der Waals surface area contributed by atoms with E-state index in [9.17, 15) is 9.18 Å². The fourth-order valence-corrected chi connectivity index (χ4v) is 2.16. The second-order valence-electron chi connectivity index (χ2n) is 3.83. The van der Waals surface area contributed by atoms with Crippen LogP contribution in [0.1, 0.15) is 5.69 Å². The minimum absolute atomic E-state index is 0.0683. The first-order valence-corrected chi connectivity index (χ1v) is 6.59. The average molecular weight is 313 g/mol. The largest absolute Gasteiger partial charge is 0.437 e. The van der Waals surface area contributed by atoms with Gasteiger partial charge in [-0.25, -0.2) is 9.18 Å². The fourth-order valence-electron chi connectivity index (χ4n) is 1.55. The summed E-state index contributed by atoms with van der Waals surface area (Å²) in [5.41, 5.74) is 0.947. The molecular formula is C11H6ClFN4O2S. The highest BCUT2D eigenvalue weighted by Crippen LogP contribution is 2.19. The summed E-state index contributed by atoms with van der Waals surface area (Å²) in [5, 5.41) is 7.81. The van der Waals surface area contributed by atoms with Gasteiger partial charge in [-0.2, -0.15) is 4.68 Å². The lowest BCUT2D eigenvalue weighted by Crippen LogP contribution is -2.16. The van der Waals surface area contributed by atoms with E-state index in [1.807, 2.05) is 0 Å². The van der Waals surface area contributed by atoms with Crippen LogP contribution in [0.3, 0.4) is 0 Å². The van der Waals surface area contributed by atoms with Gasteiger partial charge >= 0.3 is 5.76 Å². The van der Waals surface area contributed by atoms with Crippen molar-refractivity contribution in [3.8, 4) is 11.5 Å². The van der Waals surface area contributed by atoms with Crippen LogP contribution in [0.2, 0.25) is 4.34 Å². The van der Waals surface area contributed by atoms with Gasteiger partial charge < -0.3 is 4.42 Å². The van der Waals surface area contributed by atoms with E-state index >= 15 is 0 Å². The summed E-state index contributed by atoms with van der Waals surface area (Å²) in [6.07, 6.45) is 0. The van der Waals surface area contributed by atoms with E-state index in [0.717, 1.165) is 16.2 Å². The van der Waals surface area contributed by atoms with E-state index in [-0.39, 0.29) is 18.3 Å². The van der Waals surface area contributed by atoms with Gasteiger partial charge in [0, 0.05) is 17.1 Å². The van der Waals surface area contributed by atoms with E-state index in [1.165, 1.54) is 24.3 Å². The zero-order valence-corrected chi connectivity index (χ0v) is 11.4.